The molecule has 1 aliphatic rings. The quantitative estimate of drug-likeness (QED) is 0.528. The van der Waals surface area contributed by atoms with Gasteiger partial charge in [0.2, 0.25) is 5.91 Å². The molecule has 1 heterocycles. The number of nitrogens with zero attached hydrogens (tertiary/aromatic N) is 1. The van der Waals surface area contributed by atoms with Crippen LogP contribution in [-0.2, 0) is 4.79 Å². The van der Waals surface area contributed by atoms with Gasteiger partial charge in [-0.05, 0) is 19.4 Å². The predicted octanol–water partition coefficient (Wildman–Crippen LogP) is -0.0892. The standard InChI is InChI=1S/C8H10N2O2/c1-4-5(2)7(11)10-8(12)6(4)3-9/h6,8,12H,1-2H3,(H,10,11). The number of nitriles is 1. The maximum atomic E-state index is 11.0. The van der Waals surface area contributed by atoms with Crippen molar-refractivity contribution in [1.29, 1.82) is 5.26 Å². The van der Waals surface area contributed by atoms with Crippen LogP contribution in [0.25, 0.3) is 0 Å². The monoisotopic (exact) mass is 166 g/mol. The van der Waals surface area contributed by atoms with Crippen molar-refractivity contribution in [2.75, 3.05) is 0 Å². The van der Waals surface area contributed by atoms with E-state index in [0.29, 0.717) is 11.1 Å². The van der Waals surface area contributed by atoms with Crippen LogP contribution < -0.4 is 5.32 Å². The molecule has 0 aromatic carbocycles. The van der Waals surface area contributed by atoms with Gasteiger partial charge in [-0.2, -0.15) is 5.26 Å². The summed E-state index contributed by atoms with van der Waals surface area (Å²) in [5.74, 6) is -0.908. The van der Waals surface area contributed by atoms with Crippen LogP contribution in [0.3, 0.4) is 0 Å². The number of aliphatic hydroxyl groups excluding tert-OH is 1. The molecule has 2 unspecified atom stereocenters. The number of aliphatic hydroxyl groups is 1. The van der Waals surface area contributed by atoms with E-state index in [-0.39, 0.29) is 5.91 Å². The molecule has 0 aromatic rings. The van der Waals surface area contributed by atoms with Gasteiger partial charge in [0, 0.05) is 5.57 Å². The van der Waals surface area contributed by atoms with E-state index < -0.39 is 12.1 Å². The summed E-state index contributed by atoms with van der Waals surface area (Å²) < 4.78 is 0. The molecule has 4 heteroatoms. The van der Waals surface area contributed by atoms with Crippen molar-refractivity contribution in [2.24, 2.45) is 5.92 Å². The Morgan fingerprint density at radius 2 is 2.17 bits per heavy atom. The minimum absolute atomic E-state index is 0.300. The Morgan fingerprint density at radius 1 is 1.58 bits per heavy atom. The summed E-state index contributed by atoms with van der Waals surface area (Å²) in [5.41, 5.74) is 1.17. The largest absolute Gasteiger partial charge is 0.372 e. The minimum atomic E-state index is -1.06. The summed E-state index contributed by atoms with van der Waals surface area (Å²) in [5, 5.41) is 20.2. The number of amides is 1. The molecule has 0 spiro atoms. The first-order valence-corrected chi connectivity index (χ1v) is 3.64. The molecule has 0 aliphatic carbocycles. The molecule has 1 amide bonds. The molecule has 4 nitrogen and oxygen atoms in total. The average Bonchev–Trinajstić information content (AvgIpc) is 2.01. The number of nitrogens with one attached hydrogen (secondary N) is 1. The smallest absolute Gasteiger partial charge is 0.248 e. The highest BCUT2D eigenvalue weighted by Crippen LogP contribution is 2.21. The molecule has 2 N–H and O–H groups in total. The summed E-state index contributed by atoms with van der Waals surface area (Å²) in [4.78, 5) is 11.0. The summed E-state index contributed by atoms with van der Waals surface area (Å²) in [6, 6.07) is 1.93. The van der Waals surface area contributed by atoms with E-state index in [0.717, 1.165) is 0 Å². The van der Waals surface area contributed by atoms with Gasteiger partial charge in [-0.15, -0.1) is 0 Å². The predicted molar refractivity (Wildman–Crippen MR) is 41.6 cm³/mol. The fourth-order valence-electron chi connectivity index (χ4n) is 1.14. The molecule has 0 saturated carbocycles. The molecular formula is C8H10N2O2. The second-order valence-corrected chi connectivity index (χ2v) is 2.83. The molecule has 0 bridgehead atoms. The van der Waals surface area contributed by atoms with Crippen molar-refractivity contribution in [2.45, 2.75) is 20.1 Å². The second kappa shape index (κ2) is 2.95. The van der Waals surface area contributed by atoms with Crippen molar-refractivity contribution in [3.8, 4) is 6.07 Å². The number of carbonyl (C=O) groups excluding carboxylic acids is 1. The van der Waals surface area contributed by atoms with E-state index in [1.54, 1.807) is 13.8 Å². The highest BCUT2D eigenvalue weighted by molar-refractivity contribution is 5.94. The lowest BCUT2D eigenvalue weighted by Crippen LogP contribution is -2.45. The van der Waals surface area contributed by atoms with E-state index >= 15 is 0 Å². The van der Waals surface area contributed by atoms with Gasteiger partial charge in [0.1, 0.15) is 12.1 Å². The van der Waals surface area contributed by atoms with Gasteiger partial charge in [0.15, 0.2) is 0 Å². The topological polar surface area (TPSA) is 73.1 Å². The van der Waals surface area contributed by atoms with E-state index in [2.05, 4.69) is 5.32 Å². The van der Waals surface area contributed by atoms with Gasteiger partial charge in [-0.25, -0.2) is 0 Å². The zero-order valence-corrected chi connectivity index (χ0v) is 6.96. The molecule has 0 radical (unpaired) electrons. The Hall–Kier alpha value is -1.34. The summed E-state index contributed by atoms with van der Waals surface area (Å²) >= 11 is 0. The second-order valence-electron chi connectivity index (χ2n) is 2.83. The van der Waals surface area contributed by atoms with Gasteiger partial charge in [-0.1, -0.05) is 0 Å². The van der Waals surface area contributed by atoms with Gasteiger partial charge in [0.25, 0.3) is 0 Å². The molecule has 0 aromatic heterocycles. The average molecular weight is 166 g/mol. The SMILES string of the molecule is CC1=C(C)C(C#N)C(O)NC1=O. The molecule has 64 valence electrons. The summed E-state index contributed by atoms with van der Waals surface area (Å²) in [7, 11) is 0. The van der Waals surface area contributed by atoms with Crippen LogP contribution in [0.4, 0.5) is 0 Å². The lowest BCUT2D eigenvalue weighted by molar-refractivity contribution is -0.121. The molecule has 0 saturated heterocycles. The van der Waals surface area contributed by atoms with Crippen LogP contribution in [0.2, 0.25) is 0 Å². The molecular weight excluding hydrogens is 156 g/mol. The fourth-order valence-corrected chi connectivity index (χ4v) is 1.14. The van der Waals surface area contributed by atoms with Crippen molar-refractivity contribution in [3.05, 3.63) is 11.1 Å². The van der Waals surface area contributed by atoms with E-state index in [1.165, 1.54) is 0 Å². The van der Waals surface area contributed by atoms with Gasteiger partial charge < -0.3 is 10.4 Å². The summed E-state index contributed by atoms with van der Waals surface area (Å²) in [6.45, 7) is 3.33. The maximum absolute atomic E-state index is 11.0. The van der Waals surface area contributed by atoms with Crippen LogP contribution >= 0.6 is 0 Å². The van der Waals surface area contributed by atoms with Crippen LogP contribution in [0.15, 0.2) is 11.1 Å². The third-order valence-electron chi connectivity index (χ3n) is 2.13. The number of carbonyl (C=O) groups is 1. The fraction of sp³-hybridized carbons (Fsp3) is 0.500. The zero-order valence-electron chi connectivity index (χ0n) is 6.96. The van der Waals surface area contributed by atoms with Crippen molar-refractivity contribution >= 4 is 5.91 Å². The van der Waals surface area contributed by atoms with Gasteiger partial charge in [0.05, 0.1) is 6.07 Å². The Bertz CT molecular complexity index is 288. The number of hydrogen-bond donors (Lipinski definition) is 2. The maximum Gasteiger partial charge on any atom is 0.248 e. The Labute approximate surface area is 70.5 Å². The zero-order chi connectivity index (χ0) is 9.30. The Morgan fingerprint density at radius 3 is 2.67 bits per heavy atom. The lowest BCUT2D eigenvalue weighted by atomic mass is 9.92. The first-order valence-electron chi connectivity index (χ1n) is 3.64. The highest BCUT2D eigenvalue weighted by atomic mass is 16.3. The van der Waals surface area contributed by atoms with E-state index in [9.17, 15) is 9.90 Å². The normalized spacial score (nSPS) is 29.7. The van der Waals surface area contributed by atoms with Crippen molar-refractivity contribution < 1.29 is 9.90 Å². The molecule has 12 heavy (non-hydrogen) atoms. The number of hydrogen-bond acceptors (Lipinski definition) is 3. The van der Waals surface area contributed by atoms with Crippen LogP contribution in [0.5, 0.6) is 0 Å². The third kappa shape index (κ3) is 1.19. The van der Waals surface area contributed by atoms with Crippen LogP contribution in [-0.4, -0.2) is 17.2 Å². The highest BCUT2D eigenvalue weighted by Gasteiger charge is 2.30. The molecule has 1 rings (SSSR count). The molecule has 0 fully saturated rings. The minimum Gasteiger partial charge on any atom is -0.372 e. The van der Waals surface area contributed by atoms with Crippen molar-refractivity contribution in [3.63, 3.8) is 0 Å². The van der Waals surface area contributed by atoms with E-state index in [1.807, 2.05) is 6.07 Å². The van der Waals surface area contributed by atoms with Gasteiger partial charge >= 0.3 is 0 Å². The van der Waals surface area contributed by atoms with Crippen molar-refractivity contribution in [1.82, 2.24) is 5.32 Å². The van der Waals surface area contributed by atoms with E-state index in [4.69, 9.17) is 5.26 Å². The molecule has 2 atom stereocenters. The Balaban J connectivity index is 3.07. The van der Waals surface area contributed by atoms with Crippen LogP contribution in [0.1, 0.15) is 13.8 Å². The molecule has 1 aliphatic heterocycles. The van der Waals surface area contributed by atoms with Crippen LogP contribution in [0, 0.1) is 17.2 Å². The summed E-state index contributed by atoms with van der Waals surface area (Å²) in [6.07, 6.45) is -1.06. The first kappa shape index (κ1) is 8.75. The Kier molecular flexibility index (Phi) is 2.15. The first-order chi connectivity index (χ1) is 5.57. The lowest BCUT2D eigenvalue weighted by Gasteiger charge is -2.25. The third-order valence-corrected chi connectivity index (χ3v) is 2.13. The number of rotatable bonds is 0. The van der Waals surface area contributed by atoms with Gasteiger partial charge in [-0.3, -0.25) is 4.79 Å².